The second kappa shape index (κ2) is 8.93. The zero-order valence-electron chi connectivity index (χ0n) is 13.2. The molecule has 0 amide bonds. The molecule has 0 aromatic rings. The lowest BCUT2D eigenvalue weighted by Crippen LogP contribution is -2.50. The zero-order chi connectivity index (χ0) is 14.9. The van der Waals surface area contributed by atoms with E-state index in [2.05, 4.69) is 26.1 Å². The first-order chi connectivity index (χ1) is 8.79. The van der Waals surface area contributed by atoms with Gasteiger partial charge >= 0.3 is 0 Å². The Balaban J connectivity index is 4.59. The lowest BCUT2D eigenvalue weighted by molar-refractivity contribution is -0.0570. The number of rotatable bonds is 11. The van der Waals surface area contributed by atoms with Crippen LogP contribution in [-0.2, 0) is 14.6 Å². The molecule has 0 heterocycles. The second-order valence-corrected chi connectivity index (χ2v) is 7.64. The minimum absolute atomic E-state index is 0.208. The minimum Gasteiger partial charge on any atom is -0.374 e. The Morgan fingerprint density at radius 1 is 1.26 bits per heavy atom. The summed E-state index contributed by atoms with van der Waals surface area (Å²) in [5, 5.41) is 3.51. The molecule has 19 heavy (non-hydrogen) atoms. The molecule has 0 aliphatic carbocycles. The van der Waals surface area contributed by atoms with Crippen LogP contribution in [0.2, 0.25) is 0 Å². The highest BCUT2D eigenvalue weighted by atomic mass is 32.2. The Kier molecular flexibility index (Phi) is 8.86. The fraction of sp³-hybridized carbons (Fsp3) is 1.00. The van der Waals surface area contributed by atoms with Gasteiger partial charge in [0.15, 0.2) is 0 Å². The summed E-state index contributed by atoms with van der Waals surface area (Å²) in [6, 6.07) is 0.208. The maximum absolute atomic E-state index is 11.2. The van der Waals surface area contributed by atoms with Gasteiger partial charge in [-0.1, -0.05) is 13.8 Å². The largest absolute Gasteiger partial charge is 0.374 e. The summed E-state index contributed by atoms with van der Waals surface area (Å²) in [5.41, 5.74) is -0.221. The summed E-state index contributed by atoms with van der Waals surface area (Å²) < 4.78 is 28.3. The molecule has 0 aliphatic rings. The van der Waals surface area contributed by atoms with Gasteiger partial charge in [0.25, 0.3) is 0 Å². The third kappa shape index (κ3) is 7.90. The van der Waals surface area contributed by atoms with E-state index >= 15 is 0 Å². The maximum atomic E-state index is 11.2. The van der Waals surface area contributed by atoms with Gasteiger partial charge in [-0.2, -0.15) is 0 Å². The summed E-state index contributed by atoms with van der Waals surface area (Å²) in [6.07, 6.45) is 4.79. The van der Waals surface area contributed by atoms with Crippen molar-refractivity contribution in [3.63, 3.8) is 0 Å². The van der Waals surface area contributed by atoms with Crippen LogP contribution in [0.1, 0.15) is 53.4 Å². The SMILES string of the molecule is CCCNC(CCCS(C)(=O)=O)C(C)(CC)OCC. The van der Waals surface area contributed by atoms with Gasteiger partial charge in [0.1, 0.15) is 9.84 Å². The van der Waals surface area contributed by atoms with E-state index in [4.69, 9.17) is 4.74 Å². The van der Waals surface area contributed by atoms with Gasteiger partial charge in [0.05, 0.1) is 5.60 Å². The molecule has 0 bridgehead atoms. The number of ether oxygens (including phenoxy) is 1. The van der Waals surface area contributed by atoms with E-state index in [1.54, 1.807) is 0 Å². The minimum atomic E-state index is -2.87. The summed E-state index contributed by atoms with van der Waals surface area (Å²) in [4.78, 5) is 0. The summed E-state index contributed by atoms with van der Waals surface area (Å²) in [6.45, 7) is 9.98. The predicted octanol–water partition coefficient (Wildman–Crippen LogP) is 2.38. The van der Waals surface area contributed by atoms with Gasteiger partial charge in [-0.05, 0) is 46.1 Å². The molecule has 0 fully saturated rings. The third-order valence-corrected chi connectivity index (χ3v) is 4.59. The van der Waals surface area contributed by atoms with E-state index < -0.39 is 9.84 Å². The Morgan fingerprint density at radius 3 is 2.32 bits per heavy atom. The molecule has 2 unspecified atom stereocenters. The first kappa shape index (κ1) is 18.9. The molecular formula is C14H31NO3S. The van der Waals surface area contributed by atoms with Crippen LogP contribution in [0.15, 0.2) is 0 Å². The van der Waals surface area contributed by atoms with Crippen molar-refractivity contribution in [1.82, 2.24) is 5.32 Å². The van der Waals surface area contributed by atoms with Crippen LogP contribution < -0.4 is 5.32 Å². The topological polar surface area (TPSA) is 55.4 Å². The van der Waals surface area contributed by atoms with E-state index in [1.807, 2.05) is 6.92 Å². The van der Waals surface area contributed by atoms with Crippen LogP contribution in [0.4, 0.5) is 0 Å². The average Bonchev–Trinajstić information content (AvgIpc) is 2.32. The lowest BCUT2D eigenvalue weighted by atomic mass is 9.89. The van der Waals surface area contributed by atoms with Crippen molar-refractivity contribution in [3.05, 3.63) is 0 Å². The molecule has 0 saturated carbocycles. The Bertz CT molecular complexity index is 330. The third-order valence-electron chi connectivity index (χ3n) is 3.56. The molecule has 1 N–H and O–H groups in total. The molecule has 2 atom stereocenters. The van der Waals surface area contributed by atoms with Crippen molar-refractivity contribution < 1.29 is 13.2 Å². The monoisotopic (exact) mass is 293 g/mol. The van der Waals surface area contributed by atoms with E-state index in [0.717, 1.165) is 25.8 Å². The highest BCUT2D eigenvalue weighted by molar-refractivity contribution is 7.90. The van der Waals surface area contributed by atoms with Gasteiger partial charge in [-0.3, -0.25) is 0 Å². The summed E-state index contributed by atoms with van der Waals surface area (Å²) in [7, 11) is -2.87. The van der Waals surface area contributed by atoms with Gasteiger partial charge in [-0.25, -0.2) is 8.42 Å². The maximum Gasteiger partial charge on any atom is 0.147 e. The van der Waals surface area contributed by atoms with Gasteiger partial charge in [0.2, 0.25) is 0 Å². The molecule has 5 heteroatoms. The predicted molar refractivity (Wildman–Crippen MR) is 81.3 cm³/mol. The lowest BCUT2D eigenvalue weighted by Gasteiger charge is -2.37. The number of hydrogen-bond acceptors (Lipinski definition) is 4. The van der Waals surface area contributed by atoms with Crippen LogP contribution in [0.5, 0.6) is 0 Å². The van der Waals surface area contributed by atoms with Crippen molar-refractivity contribution in [3.8, 4) is 0 Å². The van der Waals surface area contributed by atoms with Gasteiger partial charge in [-0.15, -0.1) is 0 Å². The molecule has 0 aromatic heterocycles. The molecule has 0 aromatic carbocycles. The van der Waals surface area contributed by atoms with Crippen LogP contribution in [0.25, 0.3) is 0 Å². The molecule has 0 saturated heterocycles. The van der Waals surface area contributed by atoms with Crippen molar-refractivity contribution >= 4 is 9.84 Å². The number of hydrogen-bond donors (Lipinski definition) is 1. The standard InChI is InChI=1S/C14H31NO3S/c1-6-11-15-13(10-9-12-19(5,16)17)14(4,7-2)18-8-3/h13,15H,6-12H2,1-5H3. The molecule has 116 valence electrons. The van der Waals surface area contributed by atoms with E-state index in [-0.39, 0.29) is 17.4 Å². The van der Waals surface area contributed by atoms with E-state index in [0.29, 0.717) is 13.0 Å². The Morgan fingerprint density at radius 2 is 1.89 bits per heavy atom. The molecule has 0 rings (SSSR count). The van der Waals surface area contributed by atoms with Crippen LogP contribution in [0, 0.1) is 0 Å². The smallest absolute Gasteiger partial charge is 0.147 e. The van der Waals surface area contributed by atoms with E-state index in [9.17, 15) is 8.42 Å². The Labute approximate surface area is 119 Å². The Hall–Kier alpha value is -0.130. The summed E-state index contributed by atoms with van der Waals surface area (Å²) >= 11 is 0. The fourth-order valence-corrected chi connectivity index (χ4v) is 2.96. The number of sulfone groups is 1. The van der Waals surface area contributed by atoms with Crippen molar-refractivity contribution in [2.24, 2.45) is 0 Å². The first-order valence-electron chi connectivity index (χ1n) is 7.34. The fourth-order valence-electron chi connectivity index (χ4n) is 2.27. The van der Waals surface area contributed by atoms with Crippen LogP contribution in [0.3, 0.4) is 0 Å². The molecule has 0 spiro atoms. The highest BCUT2D eigenvalue weighted by Gasteiger charge is 2.32. The van der Waals surface area contributed by atoms with Gasteiger partial charge in [0, 0.05) is 24.7 Å². The molecular weight excluding hydrogens is 262 g/mol. The first-order valence-corrected chi connectivity index (χ1v) is 9.40. The molecule has 4 nitrogen and oxygen atoms in total. The van der Waals surface area contributed by atoms with E-state index in [1.165, 1.54) is 6.26 Å². The number of nitrogens with one attached hydrogen (secondary N) is 1. The summed E-state index contributed by atoms with van der Waals surface area (Å²) in [5.74, 6) is 0.253. The molecule has 0 radical (unpaired) electrons. The van der Waals surface area contributed by atoms with Crippen molar-refractivity contribution in [2.75, 3.05) is 25.2 Å². The van der Waals surface area contributed by atoms with Crippen LogP contribution >= 0.6 is 0 Å². The normalized spacial score (nSPS) is 17.1. The molecule has 0 aliphatic heterocycles. The second-order valence-electron chi connectivity index (χ2n) is 5.38. The van der Waals surface area contributed by atoms with Crippen molar-refractivity contribution in [1.29, 1.82) is 0 Å². The zero-order valence-corrected chi connectivity index (χ0v) is 14.0. The average molecular weight is 293 g/mol. The quantitative estimate of drug-likeness (QED) is 0.635. The van der Waals surface area contributed by atoms with Gasteiger partial charge < -0.3 is 10.1 Å². The van der Waals surface area contributed by atoms with Crippen molar-refractivity contribution in [2.45, 2.75) is 65.0 Å². The highest BCUT2D eigenvalue weighted by Crippen LogP contribution is 2.23. The van der Waals surface area contributed by atoms with Crippen LogP contribution in [-0.4, -0.2) is 45.2 Å².